The molecule has 2 N–H and O–H groups in total. The van der Waals surface area contributed by atoms with Gasteiger partial charge >= 0.3 is 0 Å². The predicted molar refractivity (Wildman–Crippen MR) is 38.2 cm³/mol. The van der Waals surface area contributed by atoms with Gasteiger partial charge in [-0.15, -0.1) is 0 Å². The molecule has 4 nitrogen and oxygen atoms in total. The number of nitrogens with two attached hydrogens (primary N) is 1. The third kappa shape index (κ3) is 1.34. The second-order valence-corrected chi connectivity index (χ2v) is 4.40. The Morgan fingerprint density at radius 2 is 2.30 bits per heavy atom. The van der Waals surface area contributed by atoms with Crippen molar-refractivity contribution >= 4 is 21.6 Å². The molecule has 1 aromatic heterocycles. The van der Waals surface area contributed by atoms with Crippen molar-refractivity contribution in [3.63, 3.8) is 0 Å². The molecule has 0 radical (unpaired) electrons. The highest BCUT2D eigenvalue weighted by atomic mass is 32.2. The number of sulfonamides is 1. The van der Waals surface area contributed by atoms with Gasteiger partial charge in [-0.2, -0.15) is 4.37 Å². The summed E-state index contributed by atoms with van der Waals surface area (Å²) in [6, 6.07) is 0. The summed E-state index contributed by atoms with van der Waals surface area (Å²) in [5.74, 6) is 0. The van der Waals surface area contributed by atoms with Gasteiger partial charge in [-0.1, -0.05) is 0 Å². The number of primary sulfonamides is 1. The molecule has 0 aliphatic heterocycles. The first-order chi connectivity index (χ1) is 4.52. The Morgan fingerprint density at radius 1 is 1.70 bits per heavy atom. The van der Waals surface area contributed by atoms with Gasteiger partial charge in [-0.25, -0.2) is 13.6 Å². The van der Waals surface area contributed by atoms with Crippen molar-refractivity contribution in [1.29, 1.82) is 0 Å². The average Bonchev–Trinajstić information content (AvgIpc) is 2.11. The van der Waals surface area contributed by atoms with Crippen molar-refractivity contribution in [3.8, 4) is 0 Å². The SMILES string of the molecule is Cc1cnsc1S(N)(=O)=O. The monoisotopic (exact) mass is 178 g/mol. The zero-order chi connectivity index (χ0) is 7.78. The summed E-state index contributed by atoms with van der Waals surface area (Å²) in [6.07, 6.45) is 1.48. The minimum atomic E-state index is -3.53. The molecule has 0 amide bonds. The van der Waals surface area contributed by atoms with E-state index in [1.165, 1.54) is 6.20 Å². The number of aryl methyl sites for hydroxylation is 1. The second kappa shape index (κ2) is 2.30. The second-order valence-electron chi connectivity index (χ2n) is 1.84. The molecule has 0 unspecified atom stereocenters. The van der Waals surface area contributed by atoms with E-state index in [9.17, 15) is 8.42 Å². The first-order valence-corrected chi connectivity index (χ1v) is 4.78. The van der Waals surface area contributed by atoms with Crippen LogP contribution in [0.25, 0.3) is 0 Å². The summed E-state index contributed by atoms with van der Waals surface area (Å²) in [5, 5.41) is 4.84. The van der Waals surface area contributed by atoms with E-state index in [0.29, 0.717) is 5.56 Å². The number of aromatic nitrogens is 1. The summed E-state index contributed by atoms with van der Waals surface area (Å²) >= 11 is 0.894. The molecule has 56 valence electrons. The largest absolute Gasteiger partial charge is 0.249 e. The molecule has 0 bridgehead atoms. The first kappa shape index (κ1) is 7.64. The van der Waals surface area contributed by atoms with Gasteiger partial charge in [0.25, 0.3) is 0 Å². The van der Waals surface area contributed by atoms with Crippen molar-refractivity contribution < 1.29 is 8.42 Å². The molecular weight excluding hydrogens is 172 g/mol. The summed E-state index contributed by atoms with van der Waals surface area (Å²) in [7, 11) is -3.53. The van der Waals surface area contributed by atoms with Crippen molar-refractivity contribution in [2.45, 2.75) is 11.1 Å². The van der Waals surface area contributed by atoms with Crippen LogP contribution in [0.3, 0.4) is 0 Å². The Hall–Kier alpha value is -0.460. The van der Waals surface area contributed by atoms with Gasteiger partial charge in [0.05, 0.1) is 0 Å². The van der Waals surface area contributed by atoms with E-state index < -0.39 is 10.0 Å². The lowest BCUT2D eigenvalue weighted by Gasteiger charge is -1.90. The molecule has 1 heterocycles. The fraction of sp³-hybridized carbons (Fsp3) is 0.250. The van der Waals surface area contributed by atoms with Crippen LogP contribution in [0.1, 0.15) is 5.56 Å². The van der Waals surface area contributed by atoms with Crippen LogP contribution >= 0.6 is 11.5 Å². The maximum atomic E-state index is 10.7. The molecule has 0 spiro atoms. The van der Waals surface area contributed by atoms with E-state index in [-0.39, 0.29) is 4.21 Å². The molecule has 6 heteroatoms. The summed E-state index contributed by atoms with van der Waals surface area (Å²) in [5.41, 5.74) is 0.604. The summed E-state index contributed by atoms with van der Waals surface area (Å²) in [6.45, 7) is 1.66. The highest BCUT2D eigenvalue weighted by molar-refractivity contribution is 7.91. The van der Waals surface area contributed by atoms with E-state index in [1.807, 2.05) is 0 Å². The number of hydrogen-bond donors (Lipinski definition) is 1. The van der Waals surface area contributed by atoms with Crippen molar-refractivity contribution in [2.24, 2.45) is 5.14 Å². The van der Waals surface area contributed by atoms with Gasteiger partial charge in [-0.05, 0) is 18.5 Å². The van der Waals surface area contributed by atoms with Crippen LogP contribution in [0.5, 0.6) is 0 Å². The van der Waals surface area contributed by atoms with Crippen molar-refractivity contribution in [3.05, 3.63) is 11.8 Å². The maximum Gasteiger partial charge on any atom is 0.249 e. The molecule has 0 fully saturated rings. The Balaban J connectivity index is 3.32. The smallest absolute Gasteiger partial charge is 0.224 e. The highest BCUT2D eigenvalue weighted by Crippen LogP contribution is 2.16. The zero-order valence-electron chi connectivity index (χ0n) is 5.23. The Bertz CT molecular complexity index is 327. The fourth-order valence-electron chi connectivity index (χ4n) is 0.554. The van der Waals surface area contributed by atoms with Crippen molar-refractivity contribution in [1.82, 2.24) is 4.37 Å². The molecule has 0 aromatic carbocycles. The van der Waals surface area contributed by atoms with Gasteiger partial charge in [0, 0.05) is 11.8 Å². The van der Waals surface area contributed by atoms with Gasteiger partial charge in [-0.3, -0.25) is 0 Å². The zero-order valence-corrected chi connectivity index (χ0v) is 6.87. The van der Waals surface area contributed by atoms with Crippen LogP contribution in [0.15, 0.2) is 10.4 Å². The van der Waals surface area contributed by atoms with Gasteiger partial charge in [0.1, 0.15) is 0 Å². The maximum absolute atomic E-state index is 10.7. The molecule has 0 aliphatic rings. The van der Waals surface area contributed by atoms with E-state index in [2.05, 4.69) is 4.37 Å². The highest BCUT2D eigenvalue weighted by Gasteiger charge is 2.12. The first-order valence-electron chi connectivity index (χ1n) is 2.46. The standard InChI is InChI=1S/C4H6N2O2S2/c1-3-2-6-9-4(3)10(5,7)8/h2H,1H3,(H2,5,7,8). The normalized spacial score (nSPS) is 11.8. The Kier molecular flexibility index (Phi) is 1.76. The van der Waals surface area contributed by atoms with Crippen LogP contribution in [0.2, 0.25) is 0 Å². The Labute approximate surface area is 62.9 Å². The van der Waals surface area contributed by atoms with E-state index in [1.54, 1.807) is 6.92 Å². The molecule has 10 heavy (non-hydrogen) atoms. The summed E-state index contributed by atoms with van der Waals surface area (Å²) < 4.78 is 25.1. The van der Waals surface area contributed by atoms with E-state index >= 15 is 0 Å². The van der Waals surface area contributed by atoms with Crippen LogP contribution in [-0.2, 0) is 10.0 Å². The van der Waals surface area contributed by atoms with Crippen LogP contribution < -0.4 is 5.14 Å². The lowest BCUT2D eigenvalue weighted by molar-refractivity contribution is 0.599. The minimum absolute atomic E-state index is 0.146. The number of rotatable bonds is 1. The third-order valence-electron chi connectivity index (χ3n) is 0.962. The van der Waals surface area contributed by atoms with E-state index in [4.69, 9.17) is 5.14 Å². The van der Waals surface area contributed by atoms with Gasteiger partial charge < -0.3 is 0 Å². The molecule has 0 saturated carbocycles. The Morgan fingerprint density at radius 3 is 2.50 bits per heavy atom. The lowest BCUT2D eigenvalue weighted by atomic mass is 10.4. The summed E-state index contributed by atoms with van der Waals surface area (Å²) in [4.78, 5) is 0. The average molecular weight is 178 g/mol. The quantitative estimate of drug-likeness (QED) is 0.662. The van der Waals surface area contributed by atoms with Crippen LogP contribution in [0.4, 0.5) is 0 Å². The molecule has 1 aromatic rings. The topological polar surface area (TPSA) is 73.0 Å². The van der Waals surface area contributed by atoms with Crippen LogP contribution in [-0.4, -0.2) is 12.8 Å². The fourth-order valence-corrected chi connectivity index (χ4v) is 2.10. The van der Waals surface area contributed by atoms with Gasteiger partial charge in [0.15, 0.2) is 4.21 Å². The molecular formula is C4H6N2O2S2. The third-order valence-corrected chi connectivity index (χ3v) is 3.42. The molecule has 1 rings (SSSR count). The minimum Gasteiger partial charge on any atom is -0.224 e. The van der Waals surface area contributed by atoms with E-state index in [0.717, 1.165) is 11.5 Å². The number of nitrogens with zero attached hydrogens (tertiary/aromatic N) is 1. The predicted octanol–water partition coefficient (Wildman–Crippen LogP) is 0.0989. The molecule has 0 saturated heterocycles. The van der Waals surface area contributed by atoms with Gasteiger partial charge in [0.2, 0.25) is 10.0 Å². The lowest BCUT2D eigenvalue weighted by Crippen LogP contribution is -2.11. The van der Waals surface area contributed by atoms with Crippen LogP contribution in [0, 0.1) is 6.92 Å². The molecule has 0 aliphatic carbocycles. The number of hydrogen-bond acceptors (Lipinski definition) is 4. The van der Waals surface area contributed by atoms with Crippen molar-refractivity contribution in [2.75, 3.05) is 0 Å². The molecule has 0 atom stereocenters.